The molecular formula is C16H18ClN3O3. The molecule has 1 aromatic heterocycles. The van der Waals surface area contributed by atoms with Crippen molar-refractivity contribution in [2.75, 3.05) is 6.54 Å². The minimum Gasteiger partial charge on any atom is -0.481 e. The molecule has 0 saturated carbocycles. The minimum absolute atomic E-state index is 0.168. The van der Waals surface area contributed by atoms with Crippen LogP contribution in [0.5, 0.6) is 0 Å². The van der Waals surface area contributed by atoms with E-state index in [2.05, 4.69) is 10.4 Å². The topological polar surface area (TPSA) is 84.2 Å². The lowest BCUT2D eigenvalue weighted by molar-refractivity contribution is -0.137. The van der Waals surface area contributed by atoms with Crippen LogP contribution in [0.2, 0.25) is 5.02 Å². The Kier molecular flexibility index (Phi) is 6.17. The normalized spacial score (nSPS) is 10.5. The van der Waals surface area contributed by atoms with Crippen molar-refractivity contribution in [1.82, 2.24) is 15.1 Å². The number of halogens is 1. The molecule has 0 atom stereocenters. The van der Waals surface area contributed by atoms with Crippen molar-refractivity contribution in [1.29, 1.82) is 0 Å². The number of carbonyl (C=O) groups is 2. The van der Waals surface area contributed by atoms with Gasteiger partial charge in [-0.3, -0.25) is 9.59 Å². The predicted octanol–water partition coefficient (Wildman–Crippen LogP) is 2.90. The van der Waals surface area contributed by atoms with Gasteiger partial charge in [-0.25, -0.2) is 4.68 Å². The first-order valence-electron chi connectivity index (χ1n) is 7.37. The fraction of sp³-hybridized carbons (Fsp3) is 0.312. The zero-order valence-electron chi connectivity index (χ0n) is 12.5. The van der Waals surface area contributed by atoms with E-state index in [4.69, 9.17) is 16.7 Å². The van der Waals surface area contributed by atoms with Crippen molar-refractivity contribution in [3.8, 4) is 5.69 Å². The van der Waals surface area contributed by atoms with E-state index < -0.39 is 5.97 Å². The van der Waals surface area contributed by atoms with Crippen molar-refractivity contribution < 1.29 is 14.7 Å². The van der Waals surface area contributed by atoms with Crippen LogP contribution in [0.15, 0.2) is 36.7 Å². The van der Waals surface area contributed by atoms with Gasteiger partial charge in [-0.15, -0.1) is 0 Å². The molecule has 0 unspecified atom stereocenters. The monoisotopic (exact) mass is 335 g/mol. The minimum atomic E-state index is -0.788. The van der Waals surface area contributed by atoms with Crippen molar-refractivity contribution in [2.45, 2.75) is 25.7 Å². The Balaban J connectivity index is 1.79. The van der Waals surface area contributed by atoms with E-state index in [0.717, 1.165) is 18.5 Å². The molecule has 0 aliphatic carbocycles. The highest BCUT2D eigenvalue weighted by Crippen LogP contribution is 2.13. The zero-order valence-corrected chi connectivity index (χ0v) is 13.3. The number of carboxylic acid groups (broad SMARTS) is 1. The molecule has 0 bridgehead atoms. The van der Waals surface area contributed by atoms with Gasteiger partial charge in [-0.05, 0) is 37.1 Å². The van der Waals surface area contributed by atoms with E-state index >= 15 is 0 Å². The van der Waals surface area contributed by atoms with Crippen LogP contribution in [0.1, 0.15) is 36.0 Å². The molecule has 2 rings (SSSR count). The van der Waals surface area contributed by atoms with Crippen molar-refractivity contribution in [3.05, 3.63) is 47.2 Å². The molecule has 2 N–H and O–H groups in total. The van der Waals surface area contributed by atoms with Crippen molar-refractivity contribution >= 4 is 23.5 Å². The Morgan fingerprint density at radius 3 is 2.61 bits per heavy atom. The Morgan fingerprint density at radius 1 is 1.17 bits per heavy atom. The van der Waals surface area contributed by atoms with E-state index in [0.29, 0.717) is 23.6 Å². The first-order valence-corrected chi connectivity index (χ1v) is 7.74. The van der Waals surface area contributed by atoms with Crippen LogP contribution in [0.4, 0.5) is 0 Å². The number of hydrogen-bond donors (Lipinski definition) is 2. The molecule has 23 heavy (non-hydrogen) atoms. The standard InChI is InChI=1S/C16H18ClN3O3/c17-13-5-7-14(8-6-13)20-11-12(10-19-20)16(23)18-9-3-1-2-4-15(21)22/h5-8,10-11H,1-4,9H2,(H,18,23)(H,21,22). The lowest BCUT2D eigenvalue weighted by Crippen LogP contribution is -2.24. The molecule has 1 aromatic carbocycles. The average Bonchev–Trinajstić information content (AvgIpc) is 3.01. The summed E-state index contributed by atoms with van der Waals surface area (Å²) in [5.74, 6) is -0.980. The SMILES string of the molecule is O=C(O)CCCCCNC(=O)c1cnn(-c2ccc(Cl)cc2)c1. The van der Waals surface area contributed by atoms with E-state index in [-0.39, 0.29) is 12.3 Å². The maximum atomic E-state index is 12.0. The molecule has 0 saturated heterocycles. The fourth-order valence-corrected chi connectivity index (χ4v) is 2.18. The van der Waals surface area contributed by atoms with E-state index in [1.165, 1.54) is 6.20 Å². The average molecular weight is 336 g/mol. The number of aliphatic carboxylic acids is 1. The van der Waals surface area contributed by atoms with Gasteiger partial charge in [0.25, 0.3) is 5.91 Å². The van der Waals surface area contributed by atoms with E-state index in [9.17, 15) is 9.59 Å². The smallest absolute Gasteiger partial charge is 0.303 e. The highest BCUT2D eigenvalue weighted by atomic mass is 35.5. The molecule has 7 heteroatoms. The Bertz CT molecular complexity index is 667. The fourth-order valence-electron chi connectivity index (χ4n) is 2.06. The number of nitrogens with one attached hydrogen (secondary N) is 1. The third-order valence-corrected chi connectivity index (χ3v) is 3.54. The first kappa shape index (κ1) is 17.0. The number of rotatable bonds is 8. The number of hydrogen-bond acceptors (Lipinski definition) is 3. The van der Waals surface area contributed by atoms with E-state index in [1.807, 2.05) is 12.1 Å². The van der Waals surface area contributed by atoms with E-state index in [1.54, 1.807) is 23.0 Å². The quantitative estimate of drug-likeness (QED) is 0.726. The predicted molar refractivity (Wildman–Crippen MR) is 87.0 cm³/mol. The van der Waals surface area contributed by atoms with Gasteiger partial charge in [-0.2, -0.15) is 5.10 Å². The third-order valence-electron chi connectivity index (χ3n) is 3.29. The second-order valence-electron chi connectivity index (χ2n) is 5.11. The molecule has 0 aliphatic heterocycles. The van der Waals surface area contributed by atoms with Gasteiger partial charge < -0.3 is 10.4 Å². The lowest BCUT2D eigenvalue weighted by Gasteiger charge is -2.03. The molecule has 0 spiro atoms. The Morgan fingerprint density at radius 2 is 1.91 bits per heavy atom. The van der Waals surface area contributed by atoms with Crippen molar-refractivity contribution in [3.63, 3.8) is 0 Å². The largest absolute Gasteiger partial charge is 0.481 e. The summed E-state index contributed by atoms with van der Waals surface area (Å²) >= 11 is 5.84. The number of benzene rings is 1. The second-order valence-corrected chi connectivity index (χ2v) is 5.55. The summed E-state index contributed by atoms with van der Waals surface area (Å²) in [6.45, 7) is 0.518. The van der Waals surface area contributed by atoms with Crippen molar-refractivity contribution in [2.24, 2.45) is 0 Å². The number of nitrogens with zero attached hydrogens (tertiary/aromatic N) is 2. The maximum Gasteiger partial charge on any atom is 0.303 e. The van der Waals surface area contributed by atoms with Gasteiger partial charge in [0.1, 0.15) is 0 Å². The van der Waals surface area contributed by atoms with Crippen LogP contribution in [0.3, 0.4) is 0 Å². The van der Waals surface area contributed by atoms with Crippen LogP contribution < -0.4 is 5.32 Å². The van der Waals surface area contributed by atoms with Gasteiger partial charge in [0.2, 0.25) is 0 Å². The van der Waals surface area contributed by atoms with Gasteiger partial charge >= 0.3 is 5.97 Å². The van der Waals surface area contributed by atoms with Gasteiger partial charge in [0, 0.05) is 24.2 Å². The number of carboxylic acids is 1. The summed E-state index contributed by atoms with van der Waals surface area (Å²) in [5.41, 5.74) is 1.30. The summed E-state index contributed by atoms with van der Waals surface area (Å²) in [6.07, 6.45) is 5.49. The highest BCUT2D eigenvalue weighted by molar-refractivity contribution is 6.30. The second kappa shape index (κ2) is 8.33. The zero-order chi connectivity index (χ0) is 16.7. The van der Waals surface area contributed by atoms with Crippen LogP contribution in [0.25, 0.3) is 5.69 Å². The molecule has 2 aromatic rings. The Hall–Kier alpha value is -2.34. The number of carbonyl (C=O) groups excluding carboxylic acids is 1. The highest BCUT2D eigenvalue weighted by Gasteiger charge is 2.09. The molecule has 122 valence electrons. The van der Waals surface area contributed by atoms with Gasteiger partial charge in [0.05, 0.1) is 17.4 Å². The molecule has 0 radical (unpaired) electrons. The molecule has 0 aliphatic rings. The Labute approximate surface area is 139 Å². The van der Waals surface area contributed by atoms with Crippen LogP contribution >= 0.6 is 11.6 Å². The molecule has 0 fully saturated rings. The lowest BCUT2D eigenvalue weighted by atomic mass is 10.2. The number of amides is 1. The molecule has 1 amide bonds. The molecule has 6 nitrogen and oxygen atoms in total. The maximum absolute atomic E-state index is 12.0. The first-order chi connectivity index (χ1) is 11.1. The number of unbranched alkanes of at least 4 members (excludes halogenated alkanes) is 2. The summed E-state index contributed by atoms with van der Waals surface area (Å²) < 4.78 is 1.61. The molecule has 1 heterocycles. The van der Waals surface area contributed by atoms with Crippen LogP contribution in [0, 0.1) is 0 Å². The van der Waals surface area contributed by atoms with Crippen LogP contribution in [-0.4, -0.2) is 33.3 Å². The van der Waals surface area contributed by atoms with Gasteiger partial charge in [-0.1, -0.05) is 18.0 Å². The molecular weight excluding hydrogens is 318 g/mol. The summed E-state index contributed by atoms with van der Waals surface area (Å²) in [4.78, 5) is 22.4. The number of aromatic nitrogens is 2. The van der Waals surface area contributed by atoms with Gasteiger partial charge in [0.15, 0.2) is 0 Å². The summed E-state index contributed by atoms with van der Waals surface area (Å²) in [5, 5.41) is 16.1. The van der Waals surface area contributed by atoms with Crippen LogP contribution in [-0.2, 0) is 4.79 Å². The summed E-state index contributed by atoms with van der Waals surface area (Å²) in [7, 11) is 0. The summed E-state index contributed by atoms with van der Waals surface area (Å²) in [6, 6.07) is 7.16. The third kappa shape index (κ3) is 5.41.